The number of halogens is 2. The summed E-state index contributed by atoms with van der Waals surface area (Å²) in [5.74, 6) is 0.414. The minimum atomic E-state index is -0.326. The van der Waals surface area contributed by atoms with Gasteiger partial charge in [-0.3, -0.25) is 0 Å². The van der Waals surface area contributed by atoms with Crippen LogP contribution in [0.15, 0.2) is 36.4 Å². The van der Waals surface area contributed by atoms with Gasteiger partial charge in [-0.1, -0.05) is 11.6 Å². The maximum absolute atomic E-state index is 13.5. The molecule has 3 aromatic rings. The molecule has 3 nitrogen and oxygen atoms in total. The molecule has 0 saturated heterocycles. The Morgan fingerprint density at radius 1 is 1.10 bits per heavy atom. The van der Waals surface area contributed by atoms with Crippen LogP contribution in [0, 0.1) is 12.7 Å². The van der Waals surface area contributed by atoms with Crippen LogP contribution in [0.4, 0.5) is 10.2 Å². The molecule has 1 heterocycles. The lowest BCUT2D eigenvalue weighted by molar-refractivity contribution is 0.627. The van der Waals surface area contributed by atoms with Gasteiger partial charge in [0.2, 0.25) is 0 Å². The summed E-state index contributed by atoms with van der Waals surface area (Å²) in [5.41, 5.74) is 7.97. The van der Waals surface area contributed by atoms with Crippen LogP contribution in [0.1, 0.15) is 5.56 Å². The van der Waals surface area contributed by atoms with Crippen molar-refractivity contribution in [3.63, 3.8) is 0 Å². The molecule has 0 aliphatic heterocycles. The number of rotatable bonds is 1. The van der Waals surface area contributed by atoms with Gasteiger partial charge in [0.05, 0.1) is 5.52 Å². The molecular formula is C15H11ClFN3. The number of aryl methyl sites for hydroxylation is 1. The molecule has 0 aliphatic carbocycles. The summed E-state index contributed by atoms with van der Waals surface area (Å²) in [6.07, 6.45) is 0. The Hall–Kier alpha value is -2.20. The smallest absolute Gasteiger partial charge is 0.162 e. The summed E-state index contributed by atoms with van der Waals surface area (Å²) in [4.78, 5) is 8.65. The Morgan fingerprint density at radius 2 is 1.90 bits per heavy atom. The lowest BCUT2D eigenvalue weighted by Crippen LogP contribution is -1.98. The molecule has 100 valence electrons. The molecule has 0 aliphatic rings. The molecular weight excluding hydrogens is 277 g/mol. The van der Waals surface area contributed by atoms with E-state index in [4.69, 9.17) is 17.3 Å². The fourth-order valence-corrected chi connectivity index (χ4v) is 2.29. The highest BCUT2D eigenvalue weighted by atomic mass is 35.5. The lowest BCUT2D eigenvalue weighted by Gasteiger charge is -2.07. The Labute approximate surface area is 120 Å². The van der Waals surface area contributed by atoms with Crippen LogP contribution in [0.3, 0.4) is 0 Å². The van der Waals surface area contributed by atoms with Crippen LogP contribution < -0.4 is 5.73 Å². The van der Waals surface area contributed by atoms with E-state index in [0.717, 1.165) is 10.9 Å². The van der Waals surface area contributed by atoms with Crippen molar-refractivity contribution in [2.75, 3.05) is 5.73 Å². The van der Waals surface area contributed by atoms with E-state index in [0.29, 0.717) is 27.7 Å². The van der Waals surface area contributed by atoms with Crippen molar-refractivity contribution in [2.45, 2.75) is 6.92 Å². The zero-order valence-corrected chi connectivity index (χ0v) is 11.4. The van der Waals surface area contributed by atoms with Crippen LogP contribution in [0.25, 0.3) is 22.3 Å². The van der Waals surface area contributed by atoms with Gasteiger partial charge in [0.25, 0.3) is 0 Å². The van der Waals surface area contributed by atoms with Crippen LogP contribution >= 0.6 is 11.6 Å². The molecule has 0 bridgehead atoms. The predicted molar refractivity (Wildman–Crippen MR) is 79.1 cm³/mol. The van der Waals surface area contributed by atoms with Crippen LogP contribution in [0.2, 0.25) is 5.02 Å². The minimum Gasteiger partial charge on any atom is -0.383 e. The molecule has 0 saturated carbocycles. The first-order chi connectivity index (χ1) is 9.52. The summed E-state index contributed by atoms with van der Waals surface area (Å²) >= 11 is 5.96. The fourth-order valence-electron chi connectivity index (χ4n) is 2.12. The Morgan fingerprint density at radius 3 is 2.65 bits per heavy atom. The first-order valence-electron chi connectivity index (χ1n) is 6.03. The van der Waals surface area contributed by atoms with Crippen molar-refractivity contribution < 1.29 is 4.39 Å². The first kappa shape index (κ1) is 12.8. The molecule has 0 amide bonds. The van der Waals surface area contributed by atoms with Crippen LogP contribution in [-0.2, 0) is 0 Å². The zero-order valence-electron chi connectivity index (χ0n) is 10.7. The van der Waals surface area contributed by atoms with Gasteiger partial charge < -0.3 is 5.73 Å². The number of anilines is 1. The molecule has 3 rings (SSSR count). The minimum absolute atomic E-state index is 0.326. The first-order valence-corrected chi connectivity index (χ1v) is 6.41. The highest BCUT2D eigenvalue weighted by Gasteiger charge is 2.09. The Kier molecular flexibility index (Phi) is 3.03. The van der Waals surface area contributed by atoms with Gasteiger partial charge in [-0.2, -0.15) is 0 Å². The van der Waals surface area contributed by atoms with Crippen molar-refractivity contribution in [2.24, 2.45) is 0 Å². The molecule has 5 heteroatoms. The Bertz CT molecular complexity index is 797. The summed E-state index contributed by atoms with van der Waals surface area (Å²) in [6, 6.07) is 9.87. The second-order valence-electron chi connectivity index (χ2n) is 4.61. The normalized spacial score (nSPS) is 10.9. The molecule has 0 radical (unpaired) electrons. The highest BCUT2D eigenvalue weighted by Crippen LogP contribution is 2.26. The number of hydrogen-bond acceptors (Lipinski definition) is 3. The number of nitrogens with zero attached hydrogens (tertiary/aromatic N) is 2. The molecule has 1 aromatic heterocycles. The fraction of sp³-hybridized carbons (Fsp3) is 0.0667. The molecule has 2 N–H and O–H groups in total. The highest BCUT2D eigenvalue weighted by molar-refractivity contribution is 6.31. The Balaban J connectivity index is 2.26. The zero-order chi connectivity index (χ0) is 14.3. The van der Waals surface area contributed by atoms with E-state index in [-0.39, 0.29) is 5.82 Å². The van der Waals surface area contributed by atoms with Gasteiger partial charge in [0, 0.05) is 16.0 Å². The monoisotopic (exact) mass is 287 g/mol. The summed E-state index contributed by atoms with van der Waals surface area (Å²) < 4.78 is 13.5. The number of aromatic nitrogens is 2. The van der Waals surface area contributed by atoms with E-state index in [2.05, 4.69) is 9.97 Å². The van der Waals surface area contributed by atoms with Crippen molar-refractivity contribution in [3.05, 3.63) is 52.8 Å². The summed E-state index contributed by atoms with van der Waals surface area (Å²) in [7, 11) is 0. The van der Waals surface area contributed by atoms with E-state index < -0.39 is 0 Å². The average Bonchev–Trinajstić information content (AvgIpc) is 2.36. The van der Waals surface area contributed by atoms with Gasteiger partial charge in [-0.25, -0.2) is 14.4 Å². The quantitative estimate of drug-likeness (QED) is 0.736. The number of benzene rings is 2. The van der Waals surface area contributed by atoms with E-state index >= 15 is 0 Å². The topological polar surface area (TPSA) is 51.8 Å². The van der Waals surface area contributed by atoms with Gasteiger partial charge in [0.1, 0.15) is 11.6 Å². The van der Waals surface area contributed by atoms with Crippen molar-refractivity contribution in [1.82, 2.24) is 9.97 Å². The number of hydrogen-bond donors (Lipinski definition) is 1. The second kappa shape index (κ2) is 4.72. The largest absolute Gasteiger partial charge is 0.383 e. The molecule has 20 heavy (non-hydrogen) atoms. The summed E-state index contributed by atoms with van der Waals surface area (Å²) in [6.45, 7) is 1.81. The molecule has 2 aromatic carbocycles. The molecule has 0 unspecified atom stereocenters. The van der Waals surface area contributed by atoms with Crippen LogP contribution in [-0.4, -0.2) is 9.97 Å². The van der Waals surface area contributed by atoms with Gasteiger partial charge in [-0.15, -0.1) is 0 Å². The van der Waals surface area contributed by atoms with Gasteiger partial charge in [0.15, 0.2) is 5.82 Å². The van der Waals surface area contributed by atoms with Gasteiger partial charge in [-0.05, 0) is 48.9 Å². The molecule has 0 atom stereocenters. The van der Waals surface area contributed by atoms with Crippen molar-refractivity contribution in [1.29, 1.82) is 0 Å². The standard InChI is InChI=1S/C15H11ClFN3/c1-8-4-9(6-11(17)5-8)15-19-13-7-10(16)2-3-12(13)14(18)20-15/h2-7H,1H3,(H2,18,19,20). The molecule has 0 fully saturated rings. The third-order valence-corrected chi connectivity index (χ3v) is 3.22. The second-order valence-corrected chi connectivity index (χ2v) is 5.05. The SMILES string of the molecule is Cc1cc(F)cc(-c2nc(N)c3ccc(Cl)cc3n2)c1. The van der Waals surface area contributed by atoms with Crippen LogP contribution in [0.5, 0.6) is 0 Å². The van der Waals surface area contributed by atoms with Crippen molar-refractivity contribution >= 4 is 28.3 Å². The number of nitrogens with two attached hydrogens (primary N) is 1. The summed E-state index contributed by atoms with van der Waals surface area (Å²) in [5, 5.41) is 1.29. The van der Waals surface area contributed by atoms with Gasteiger partial charge >= 0.3 is 0 Å². The number of fused-ring (bicyclic) bond motifs is 1. The third kappa shape index (κ3) is 2.30. The predicted octanol–water partition coefficient (Wildman–Crippen LogP) is 3.98. The molecule has 0 spiro atoms. The lowest BCUT2D eigenvalue weighted by atomic mass is 10.1. The average molecular weight is 288 g/mol. The maximum Gasteiger partial charge on any atom is 0.162 e. The van der Waals surface area contributed by atoms with E-state index in [1.807, 2.05) is 13.0 Å². The van der Waals surface area contributed by atoms with E-state index in [9.17, 15) is 4.39 Å². The maximum atomic E-state index is 13.5. The van der Waals surface area contributed by atoms with E-state index in [1.165, 1.54) is 12.1 Å². The third-order valence-electron chi connectivity index (χ3n) is 2.99. The van der Waals surface area contributed by atoms with Crippen molar-refractivity contribution in [3.8, 4) is 11.4 Å². The number of nitrogen functional groups attached to an aromatic ring is 1. The van der Waals surface area contributed by atoms with E-state index in [1.54, 1.807) is 18.2 Å².